The highest BCUT2D eigenvalue weighted by Gasteiger charge is 2.20. The Morgan fingerprint density at radius 2 is 2.09 bits per heavy atom. The lowest BCUT2D eigenvalue weighted by Gasteiger charge is -2.00. The summed E-state index contributed by atoms with van der Waals surface area (Å²) in [6, 6.07) is 4.07. The monoisotopic (exact) mass is 350 g/mol. The van der Waals surface area contributed by atoms with Gasteiger partial charge in [0.15, 0.2) is 5.01 Å². The maximum atomic E-state index is 12.6. The van der Waals surface area contributed by atoms with E-state index in [9.17, 15) is 13.2 Å². The summed E-state index contributed by atoms with van der Waals surface area (Å²) >= 11 is 1.26. The molecule has 0 fully saturated rings. The van der Waals surface area contributed by atoms with E-state index in [-0.39, 0.29) is 16.6 Å². The van der Waals surface area contributed by atoms with E-state index in [4.69, 9.17) is 4.55 Å². The molecule has 3 rings (SSSR count). The first kappa shape index (κ1) is 15.9. The van der Waals surface area contributed by atoms with Crippen molar-refractivity contribution in [1.29, 1.82) is 0 Å². The van der Waals surface area contributed by atoms with Gasteiger partial charge in [0.2, 0.25) is 5.78 Å². The summed E-state index contributed by atoms with van der Waals surface area (Å²) in [4.78, 5) is 19.6. The minimum Gasteiger partial charge on any atom is -0.360 e. The van der Waals surface area contributed by atoms with E-state index in [1.54, 1.807) is 0 Å². The van der Waals surface area contributed by atoms with Crippen LogP contribution in [0, 0.1) is 0 Å². The van der Waals surface area contributed by atoms with Crippen LogP contribution in [0.1, 0.15) is 40.8 Å². The number of carbonyl (C=O) groups is 1. The van der Waals surface area contributed by atoms with Crippen LogP contribution in [-0.2, 0) is 10.1 Å². The Balaban J connectivity index is 2.09. The van der Waals surface area contributed by atoms with Crippen molar-refractivity contribution in [3.8, 4) is 0 Å². The van der Waals surface area contributed by atoms with Crippen LogP contribution in [0.4, 0.5) is 0 Å². The van der Waals surface area contributed by atoms with Crippen molar-refractivity contribution < 1.29 is 17.8 Å². The molecule has 0 aliphatic carbocycles. The van der Waals surface area contributed by atoms with E-state index in [1.165, 1.54) is 35.7 Å². The van der Waals surface area contributed by atoms with Crippen LogP contribution in [0.15, 0.2) is 34.7 Å². The molecule has 0 unspecified atom stereocenters. The number of hydrogen-bond acceptors (Lipinski definition) is 5. The van der Waals surface area contributed by atoms with Gasteiger partial charge in [-0.05, 0) is 24.1 Å². The first-order valence-corrected chi connectivity index (χ1v) is 9.18. The van der Waals surface area contributed by atoms with Crippen LogP contribution in [0.3, 0.4) is 0 Å². The number of ketones is 1. The highest BCUT2D eigenvalue weighted by atomic mass is 32.2. The molecule has 0 radical (unpaired) electrons. The summed E-state index contributed by atoms with van der Waals surface area (Å²) in [5, 5.41) is 2.63. The molecule has 0 amide bonds. The third kappa shape index (κ3) is 2.92. The molecule has 0 saturated heterocycles. The zero-order chi connectivity index (χ0) is 16.8. The van der Waals surface area contributed by atoms with Gasteiger partial charge in [-0.25, -0.2) is 4.98 Å². The minimum atomic E-state index is -4.32. The first-order valence-electron chi connectivity index (χ1n) is 6.86. The summed E-state index contributed by atoms with van der Waals surface area (Å²) in [7, 11) is -4.32. The number of aromatic nitrogens is 2. The number of rotatable bonds is 4. The van der Waals surface area contributed by atoms with Crippen LogP contribution in [0.5, 0.6) is 0 Å². The summed E-state index contributed by atoms with van der Waals surface area (Å²) in [5.41, 5.74) is 1.79. The average molecular weight is 350 g/mol. The van der Waals surface area contributed by atoms with Gasteiger partial charge >= 0.3 is 0 Å². The minimum absolute atomic E-state index is 0.224. The maximum absolute atomic E-state index is 12.6. The summed E-state index contributed by atoms with van der Waals surface area (Å²) in [5.74, 6) is -0.0532. The Morgan fingerprint density at radius 1 is 1.35 bits per heavy atom. The van der Waals surface area contributed by atoms with Crippen molar-refractivity contribution in [3.05, 3.63) is 46.0 Å². The van der Waals surface area contributed by atoms with Crippen LogP contribution < -0.4 is 0 Å². The maximum Gasteiger partial charge on any atom is 0.294 e. The van der Waals surface area contributed by atoms with E-state index in [0.717, 1.165) is 5.69 Å². The second-order valence-electron chi connectivity index (χ2n) is 5.45. The quantitative estimate of drug-likeness (QED) is 0.556. The standard InChI is InChI=1S/C15H14N2O4S2/c1-8(2)13-7-22-15(17-13)14(18)11-6-16-12-4-3-9(5-10(11)12)23(19,20)21/h3-8,16H,1-2H3,(H,19,20,21). The molecule has 6 nitrogen and oxygen atoms in total. The molecule has 2 heterocycles. The molecular formula is C15H14N2O4S2. The Morgan fingerprint density at radius 3 is 2.70 bits per heavy atom. The molecule has 2 N–H and O–H groups in total. The van der Waals surface area contributed by atoms with Gasteiger partial charge in [-0.3, -0.25) is 9.35 Å². The van der Waals surface area contributed by atoms with Crippen LogP contribution in [0.25, 0.3) is 10.9 Å². The Bertz CT molecular complexity index is 1000. The summed E-state index contributed by atoms with van der Waals surface area (Å²) in [6.45, 7) is 3.99. The third-order valence-electron chi connectivity index (χ3n) is 3.50. The van der Waals surface area contributed by atoms with Gasteiger partial charge in [0.25, 0.3) is 10.1 Å². The average Bonchev–Trinajstić information content (AvgIpc) is 3.12. The second kappa shape index (κ2) is 5.55. The molecule has 1 aromatic carbocycles. The largest absolute Gasteiger partial charge is 0.360 e. The highest BCUT2D eigenvalue weighted by molar-refractivity contribution is 7.85. The van der Waals surface area contributed by atoms with Gasteiger partial charge in [-0.1, -0.05) is 13.8 Å². The zero-order valence-electron chi connectivity index (χ0n) is 12.4. The molecule has 0 aliphatic rings. The van der Waals surface area contributed by atoms with Crippen molar-refractivity contribution in [3.63, 3.8) is 0 Å². The number of aromatic amines is 1. The fraction of sp³-hybridized carbons (Fsp3) is 0.200. The third-order valence-corrected chi connectivity index (χ3v) is 5.21. The topological polar surface area (TPSA) is 100 Å². The van der Waals surface area contributed by atoms with Crippen molar-refractivity contribution in [1.82, 2.24) is 9.97 Å². The van der Waals surface area contributed by atoms with Crippen molar-refractivity contribution in [2.24, 2.45) is 0 Å². The van der Waals surface area contributed by atoms with Crippen molar-refractivity contribution in [2.75, 3.05) is 0 Å². The number of fused-ring (bicyclic) bond motifs is 1. The highest BCUT2D eigenvalue weighted by Crippen LogP contribution is 2.26. The molecular weight excluding hydrogens is 336 g/mol. The lowest BCUT2D eigenvalue weighted by Crippen LogP contribution is -2.02. The molecule has 2 aromatic heterocycles. The summed E-state index contributed by atoms with van der Waals surface area (Å²) < 4.78 is 31.7. The Labute approximate surface area is 136 Å². The molecule has 0 spiro atoms. The van der Waals surface area contributed by atoms with Crippen LogP contribution in [-0.4, -0.2) is 28.7 Å². The van der Waals surface area contributed by atoms with E-state index in [0.29, 0.717) is 21.5 Å². The lowest BCUT2D eigenvalue weighted by atomic mass is 10.1. The number of hydrogen-bond donors (Lipinski definition) is 2. The van der Waals surface area contributed by atoms with E-state index >= 15 is 0 Å². The molecule has 0 saturated carbocycles. The van der Waals surface area contributed by atoms with Crippen LogP contribution in [0.2, 0.25) is 0 Å². The number of H-pyrrole nitrogens is 1. The second-order valence-corrected chi connectivity index (χ2v) is 7.73. The zero-order valence-corrected chi connectivity index (χ0v) is 14.0. The fourth-order valence-electron chi connectivity index (χ4n) is 2.22. The molecule has 3 aromatic rings. The lowest BCUT2D eigenvalue weighted by molar-refractivity contribution is 0.103. The van der Waals surface area contributed by atoms with Gasteiger partial charge in [0.1, 0.15) is 0 Å². The summed E-state index contributed by atoms with van der Waals surface area (Å²) in [6.07, 6.45) is 1.53. The normalized spacial score (nSPS) is 12.2. The van der Waals surface area contributed by atoms with E-state index < -0.39 is 10.1 Å². The molecule has 120 valence electrons. The SMILES string of the molecule is CC(C)c1csc(C(=O)c2c[nH]c3ccc(S(=O)(=O)O)cc23)n1. The Hall–Kier alpha value is -2.03. The van der Waals surface area contributed by atoms with Gasteiger partial charge in [-0.15, -0.1) is 11.3 Å². The number of nitrogens with zero attached hydrogens (tertiary/aromatic N) is 1. The van der Waals surface area contributed by atoms with Gasteiger partial charge in [0, 0.05) is 22.5 Å². The van der Waals surface area contributed by atoms with Crippen molar-refractivity contribution >= 4 is 38.1 Å². The predicted molar refractivity (Wildman–Crippen MR) is 87.7 cm³/mol. The van der Waals surface area contributed by atoms with Gasteiger partial charge < -0.3 is 4.98 Å². The number of thiazole rings is 1. The smallest absolute Gasteiger partial charge is 0.294 e. The Kier molecular flexibility index (Phi) is 3.83. The molecule has 0 bridgehead atoms. The van der Waals surface area contributed by atoms with E-state index in [1.807, 2.05) is 19.2 Å². The molecule has 23 heavy (non-hydrogen) atoms. The first-order chi connectivity index (χ1) is 10.8. The molecule has 0 aliphatic heterocycles. The molecule has 0 atom stereocenters. The van der Waals surface area contributed by atoms with Gasteiger partial charge in [0.05, 0.1) is 16.2 Å². The molecule has 8 heteroatoms. The number of benzene rings is 1. The van der Waals surface area contributed by atoms with Crippen LogP contribution >= 0.6 is 11.3 Å². The number of nitrogens with one attached hydrogen (secondary N) is 1. The van der Waals surface area contributed by atoms with E-state index in [2.05, 4.69) is 9.97 Å². The number of carbonyl (C=O) groups excluding carboxylic acids is 1. The predicted octanol–water partition coefficient (Wildman–Crippen LogP) is 3.23. The fourth-order valence-corrected chi connectivity index (χ4v) is 3.66. The van der Waals surface area contributed by atoms with Gasteiger partial charge in [-0.2, -0.15) is 8.42 Å². The van der Waals surface area contributed by atoms with Crippen molar-refractivity contribution in [2.45, 2.75) is 24.7 Å².